The molecule has 0 rings (SSSR count). The highest BCUT2D eigenvalue weighted by molar-refractivity contribution is 5.77. The van der Waals surface area contributed by atoms with Gasteiger partial charge >= 0.3 is 5.97 Å². The molecule has 3 unspecified atom stereocenters. The Morgan fingerprint density at radius 3 is 1.42 bits per heavy atom. The number of unbranched alkanes of at least 4 members (excludes halogenated alkanes) is 22. The molecule has 0 aliphatic carbocycles. The number of aliphatic hydroxyl groups is 2. The van der Waals surface area contributed by atoms with E-state index in [2.05, 4.69) is 68.6 Å². The molecule has 366 valence electrons. The minimum Gasteiger partial charge on any atom is -0.462 e. The lowest BCUT2D eigenvalue weighted by Gasteiger charge is -2.24. The molecule has 0 heterocycles. The number of carbonyl (C=O) groups is 2. The Morgan fingerprint density at radius 2 is 0.906 bits per heavy atom. The monoisotopic (exact) mass is 890 g/mol. The molecule has 0 aliphatic rings. The minimum atomic E-state index is -0.816. The van der Waals surface area contributed by atoms with E-state index in [0.717, 1.165) is 64.2 Å². The second kappa shape index (κ2) is 50.8. The van der Waals surface area contributed by atoms with Crippen LogP contribution in [0.3, 0.4) is 0 Å². The summed E-state index contributed by atoms with van der Waals surface area (Å²) in [4.78, 5) is 26.1. The van der Waals surface area contributed by atoms with Gasteiger partial charge in [-0.15, -0.1) is 0 Å². The quantitative estimate of drug-likeness (QED) is 0.0245. The number of aliphatic hydroxyl groups excluding tert-OH is 2. The number of rotatable bonds is 46. The molecule has 6 nitrogen and oxygen atoms in total. The predicted molar refractivity (Wildman–Crippen MR) is 277 cm³/mol. The van der Waals surface area contributed by atoms with Crippen molar-refractivity contribution in [1.29, 1.82) is 0 Å². The molecule has 0 aliphatic heterocycles. The molecule has 64 heavy (non-hydrogen) atoms. The van der Waals surface area contributed by atoms with Crippen molar-refractivity contribution in [2.75, 3.05) is 6.61 Å². The molecule has 3 atom stereocenters. The molecular weight excluding hydrogens is 791 g/mol. The number of amides is 1. The van der Waals surface area contributed by atoms with E-state index in [-0.39, 0.29) is 31.3 Å². The highest BCUT2D eigenvalue weighted by Crippen LogP contribution is 2.17. The Morgan fingerprint density at radius 1 is 0.484 bits per heavy atom. The Balaban J connectivity index is 4.70. The fourth-order valence-electron chi connectivity index (χ4n) is 7.53. The van der Waals surface area contributed by atoms with Gasteiger partial charge in [0.1, 0.15) is 6.10 Å². The van der Waals surface area contributed by atoms with Gasteiger partial charge in [0.2, 0.25) is 5.91 Å². The van der Waals surface area contributed by atoms with Crippen molar-refractivity contribution in [2.24, 2.45) is 0 Å². The number of nitrogens with one attached hydrogen (secondary N) is 1. The minimum absolute atomic E-state index is 0.0179. The van der Waals surface area contributed by atoms with Crippen LogP contribution in [0.4, 0.5) is 0 Å². The maximum absolute atomic E-state index is 13.2. The van der Waals surface area contributed by atoms with E-state index in [0.29, 0.717) is 19.3 Å². The Bertz CT molecular complexity index is 1270. The normalized spacial score (nSPS) is 14.0. The zero-order valence-electron chi connectivity index (χ0n) is 41.6. The maximum Gasteiger partial charge on any atom is 0.306 e. The fourth-order valence-corrected chi connectivity index (χ4v) is 7.53. The first-order chi connectivity index (χ1) is 31.5. The summed E-state index contributed by atoms with van der Waals surface area (Å²) < 4.78 is 5.87. The third kappa shape index (κ3) is 45.4. The molecule has 0 aromatic rings. The molecule has 0 fully saturated rings. The van der Waals surface area contributed by atoms with Crippen LogP contribution < -0.4 is 5.32 Å². The van der Waals surface area contributed by atoms with Crippen molar-refractivity contribution >= 4 is 11.9 Å². The molecular formula is C58H99NO5. The standard InChI is InChI=1S/C58H99NO5/c1-4-7-10-13-16-19-22-25-27-28-30-33-35-38-41-44-47-50-56(61)55(53-60)59-57(62)52-54(49-46-43-40-37-34-32-29-26-23-20-17-14-11-8-5-2)64-58(63)51-48-45-42-39-36-31-24-21-18-15-12-9-6-3/h9,12,15,17-18,20-21,24,26,29,31,34,36-37,39,42,54-56,60-61H,4-8,10-11,13-14,16,19,22-23,25,27-28,30,32-33,35,38,40-41,43-53H2,1-3H3,(H,59,62)/b12-9+,18-15+,20-17-,24-21-,29-26-,36-31-,37-34-,42-39+. The van der Waals surface area contributed by atoms with Gasteiger partial charge in [0, 0.05) is 6.42 Å². The predicted octanol–water partition coefficient (Wildman–Crippen LogP) is 16.1. The van der Waals surface area contributed by atoms with Crippen LogP contribution in [0.15, 0.2) is 97.2 Å². The first kappa shape index (κ1) is 60.8. The second-order valence-electron chi connectivity index (χ2n) is 17.7. The van der Waals surface area contributed by atoms with E-state index in [1.54, 1.807) is 0 Å². The first-order valence-electron chi connectivity index (χ1n) is 26.5. The third-order valence-corrected chi connectivity index (χ3v) is 11.5. The van der Waals surface area contributed by atoms with E-state index in [9.17, 15) is 19.8 Å². The summed E-state index contributed by atoms with van der Waals surface area (Å²) in [7, 11) is 0. The molecule has 0 bridgehead atoms. The summed E-state index contributed by atoms with van der Waals surface area (Å²) in [5.41, 5.74) is 0. The summed E-state index contributed by atoms with van der Waals surface area (Å²) >= 11 is 0. The van der Waals surface area contributed by atoms with Crippen molar-refractivity contribution < 1.29 is 24.5 Å². The molecule has 0 aromatic heterocycles. The average molecular weight is 890 g/mol. The molecule has 0 radical (unpaired) electrons. The van der Waals surface area contributed by atoms with Crippen LogP contribution in [0, 0.1) is 0 Å². The summed E-state index contributed by atoms with van der Waals surface area (Å²) in [6.45, 7) is 6.29. The van der Waals surface area contributed by atoms with Gasteiger partial charge in [0.15, 0.2) is 0 Å². The zero-order valence-corrected chi connectivity index (χ0v) is 41.6. The highest BCUT2D eigenvalue weighted by Gasteiger charge is 2.24. The van der Waals surface area contributed by atoms with Crippen LogP contribution in [0.25, 0.3) is 0 Å². The Labute approximate surface area is 395 Å². The van der Waals surface area contributed by atoms with Crippen LogP contribution >= 0.6 is 0 Å². The first-order valence-corrected chi connectivity index (χ1v) is 26.5. The molecule has 0 aromatic carbocycles. The van der Waals surface area contributed by atoms with Crippen molar-refractivity contribution in [3.05, 3.63) is 97.2 Å². The van der Waals surface area contributed by atoms with Crippen molar-refractivity contribution in [2.45, 2.75) is 251 Å². The van der Waals surface area contributed by atoms with Crippen LogP contribution in [0.5, 0.6) is 0 Å². The molecule has 0 spiro atoms. The number of esters is 1. The van der Waals surface area contributed by atoms with Gasteiger partial charge in [-0.2, -0.15) is 0 Å². The summed E-state index contributed by atoms with van der Waals surface area (Å²) in [6, 6.07) is -0.735. The smallest absolute Gasteiger partial charge is 0.306 e. The number of carbonyl (C=O) groups excluding carboxylic acids is 2. The molecule has 0 saturated carbocycles. The number of hydrogen-bond acceptors (Lipinski definition) is 5. The number of hydrogen-bond donors (Lipinski definition) is 3. The van der Waals surface area contributed by atoms with Gasteiger partial charge in [-0.25, -0.2) is 0 Å². The average Bonchev–Trinajstić information content (AvgIpc) is 3.29. The van der Waals surface area contributed by atoms with E-state index in [4.69, 9.17) is 4.74 Å². The number of ether oxygens (including phenoxy) is 1. The lowest BCUT2D eigenvalue weighted by atomic mass is 10.0. The van der Waals surface area contributed by atoms with E-state index >= 15 is 0 Å². The summed E-state index contributed by atoms with van der Waals surface area (Å²) in [5.74, 6) is -0.605. The SMILES string of the molecule is CC/C=C/C=C/C=C\C=C/C=C/CCCC(=O)OC(CCCC/C=C\C/C=C\C/C=C\CCCCC)CC(=O)NC(CO)C(O)CCCCCCCCCCCCCCCCCCC. The van der Waals surface area contributed by atoms with E-state index in [1.807, 2.05) is 54.7 Å². The largest absolute Gasteiger partial charge is 0.462 e. The van der Waals surface area contributed by atoms with Crippen LogP contribution in [0.1, 0.15) is 233 Å². The molecule has 1 amide bonds. The van der Waals surface area contributed by atoms with Gasteiger partial charge in [-0.1, -0.05) is 240 Å². The zero-order chi connectivity index (χ0) is 46.7. The van der Waals surface area contributed by atoms with E-state index in [1.165, 1.54) is 116 Å². The maximum atomic E-state index is 13.2. The van der Waals surface area contributed by atoms with Gasteiger partial charge < -0.3 is 20.3 Å². The lowest BCUT2D eigenvalue weighted by molar-refractivity contribution is -0.151. The highest BCUT2D eigenvalue weighted by atomic mass is 16.5. The van der Waals surface area contributed by atoms with Gasteiger partial charge in [-0.05, 0) is 77.0 Å². The van der Waals surface area contributed by atoms with E-state index < -0.39 is 18.2 Å². The van der Waals surface area contributed by atoms with Crippen molar-refractivity contribution in [3.8, 4) is 0 Å². The molecule has 3 N–H and O–H groups in total. The Kier molecular flexibility index (Phi) is 48.2. The van der Waals surface area contributed by atoms with Gasteiger partial charge in [0.25, 0.3) is 0 Å². The lowest BCUT2D eigenvalue weighted by Crippen LogP contribution is -2.46. The van der Waals surface area contributed by atoms with Gasteiger partial charge in [0.05, 0.1) is 25.2 Å². The summed E-state index contributed by atoms with van der Waals surface area (Å²) in [6.07, 6.45) is 67.6. The third-order valence-electron chi connectivity index (χ3n) is 11.5. The topological polar surface area (TPSA) is 95.9 Å². The van der Waals surface area contributed by atoms with Crippen LogP contribution in [-0.4, -0.2) is 46.9 Å². The van der Waals surface area contributed by atoms with Crippen LogP contribution in [0.2, 0.25) is 0 Å². The fraction of sp³-hybridized carbons (Fsp3) is 0.690. The second-order valence-corrected chi connectivity index (χ2v) is 17.7. The Hall–Kier alpha value is -3.22. The molecule has 0 saturated heterocycles. The number of allylic oxidation sites excluding steroid dienone is 16. The molecule has 6 heteroatoms. The van der Waals surface area contributed by atoms with Crippen molar-refractivity contribution in [1.82, 2.24) is 5.32 Å². The summed E-state index contributed by atoms with van der Waals surface area (Å²) in [5, 5.41) is 23.8. The van der Waals surface area contributed by atoms with Crippen LogP contribution in [-0.2, 0) is 14.3 Å². The van der Waals surface area contributed by atoms with Crippen molar-refractivity contribution in [3.63, 3.8) is 0 Å². The van der Waals surface area contributed by atoms with Gasteiger partial charge in [-0.3, -0.25) is 9.59 Å².